The van der Waals surface area contributed by atoms with Gasteiger partial charge in [0.15, 0.2) is 0 Å². The van der Waals surface area contributed by atoms with Crippen LogP contribution in [0.3, 0.4) is 0 Å². The zero-order valence-corrected chi connectivity index (χ0v) is 11.4. The number of amides is 1. The molecule has 3 aromatic rings. The number of nitrogens with one attached hydrogen (secondary N) is 2. The topological polar surface area (TPSA) is 57.2 Å². The Balaban J connectivity index is 1.63. The van der Waals surface area contributed by atoms with Crippen LogP contribution in [0.15, 0.2) is 65.9 Å². The average molecular weight is 277 g/mol. The van der Waals surface area contributed by atoms with Crippen molar-refractivity contribution in [2.45, 2.75) is 6.42 Å². The number of rotatable bonds is 4. The Morgan fingerprint density at radius 2 is 1.86 bits per heavy atom. The Labute approximate surface area is 122 Å². The van der Waals surface area contributed by atoms with Crippen LogP contribution in [0.25, 0.3) is 10.9 Å². The number of benzene rings is 2. The summed E-state index contributed by atoms with van der Waals surface area (Å²) in [6, 6.07) is 17.6. The lowest BCUT2D eigenvalue weighted by atomic mass is 10.1. The van der Waals surface area contributed by atoms with Crippen LogP contribution >= 0.6 is 0 Å². The number of para-hydroxylation sites is 1. The van der Waals surface area contributed by atoms with Gasteiger partial charge in [-0.05, 0) is 17.2 Å². The molecule has 1 heterocycles. The van der Waals surface area contributed by atoms with Gasteiger partial charge in [0, 0.05) is 17.1 Å². The number of fused-ring (bicyclic) bond motifs is 1. The highest BCUT2D eigenvalue weighted by molar-refractivity contribution is 5.89. The summed E-state index contributed by atoms with van der Waals surface area (Å²) in [5.41, 5.74) is 5.51. The van der Waals surface area contributed by atoms with Crippen molar-refractivity contribution in [1.82, 2.24) is 10.4 Å². The summed E-state index contributed by atoms with van der Waals surface area (Å²) in [6.07, 6.45) is 3.80. The minimum absolute atomic E-state index is 0.132. The first kappa shape index (κ1) is 13.1. The van der Waals surface area contributed by atoms with Crippen LogP contribution < -0.4 is 5.43 Å². The lowest BCUT2D eigenvalue weighted by Crippen LogP contribution is -2.19. The number of aromatic amines is 1. The summed E-state index contributed by atoms with van der Waals surface area (Å²) in [7, 11) is 0. The number of carbonyl (C=O) groups excluding carboxylic acids is 1. The predicted molar refractivity (Wildman–Crippen MR) is 84.2 cm³/mol. The summed E-state index contributed by atoms with van der Waals surface area (Å²) < 4.78 is 0. The summed E-state index contributed by atoms with van der Waals surface area (Å²) >= 11 is 0. The van der Waals surface area contributed by atoms with Crippen molar-refractivity contribution in [3.63, 3.8) is 0 Å². The Bertz CT molecular complexity index is 775. The number of hydrogen-bond donors (Lipinski definition) is 2. The molecule has 21 heavy (non-hydrogen) atoms. The van der Waals surface area contributed by atoms with E-state index in [9.17, 15) is 4.79 Å². The first-order chi connectivity index (χ1) is 10.3. The lowest BCUT2D eigenvalue weighted by molar-refractivity contribution is -0.120. The largest absolute Gasteiger partial charge is 0.361 e. The molecule has 4 heteroatoms. The van der Waals surface area contributed by atoms with E-state index in [0.717, 1.165) is 22.0 Å². The molecule has 0 aliphatic heterocycles. The molecule has 3 rings (SSSR count). The molecule has 2 aromatic carbocycles. The standard InChI is InChI=1S/C17H15N3O/c21-17(20-19-11-13-6-2-1-3-7-13)10-14-12-18-16-9-5-4-8-15(14)16/h1-9,11-12,18H,10H2,(H,20,21)/b19-11-. The van der Waals surface area contributed by atoms with E-state index in [1.165, 1.54) is 0 Å². The molecule has 0 saturated heterocycles. The van der Waals surface area contributed by atoms with Crippen LogP contribution in [0.1, 0.15) is 11.1 Å². The smallest absolute Gasteiger partial charge is 0.244 e. The first-order valence-corrected chi connectivity index (χ1v) is 6.75. The molecule has 104 valence electrons. The third-order valence-electron chi connectivity index (χ3n) is 3.23. The molecule has 2 N–H and O–H groups in total. The molecule has 0 fully saturated rings. The van der Waals surface area contributed by atoms with Gasteiger partial charge in [-0.3, -0.25) is 4.79 Å². The summed E-state index contributed by atoms with van der Waals surface area (Å²) in [4.78, 5) is 15.1. The lowest BCUT2D eigenvalue weighted by Gasteiger charge is -1.99. The second-order valence-corrected chi connectivity index (χ2v) is 4.74. The average Bonchev–Trinajstić information content (AvgIpc) is 2.92. The molecule has 0 unspecified atom stereocenters. The number of nitrogens with zero attached hydrogens (tertiary/aromatic N) is 1. The highest BCUT2D eigenvalue weighted by atomic mass is 16.2. The SMILES string of the molecule is O=C(Cc1c[nH]c2ccccc12)N/N=C\c1ccccc1. The maximum Gasteiger partial charge on any atom is 0.244 e. The second kappa shape index (κ2) is 6.05. The minimum Gasteiger partial charge on any atom is -0.361 e. The monoisotopic (exact) mass is 277 g/mol. The number of carbonyl (C=O) groups is 1. The van der Waals surface area contributed by atoms with Crippen molar-refractivity contribution < 1.29 is 4.79 Å². The zero-order valence-electron chi connectivity index (χ0n) is 11.4. The van der Waals surface area contributed by atoms with Crippen molar-refractivity contribution in [2.24, 2.45) is 5.10 Å². The van der Waals surface area contributed by atoms with Gasteiger partial charge in [0.25, 0.3) is 0 Å². The van der Waals surface area contributed by atoms with Crippen molar-refractivity contribution in [2.75, 3.05) is 0 Å². The minimum atomic E-state index is -0.132. The highest BCUT2D eigenvalue weighted by Crippen LogP contribution is 2.17. The van der Waals surface area contributed by atoms with E-state index in [0.29, 0.717) is 6.42 Å². The molecule has 0 bridgehead atoms. The van der Waals surface area contributed by atoms with Crippen molar-refractivity contribution in [1.29, 1.82) is 0 Å². The number of hydrazone groups is 1. The second-order valence-electron chi connectivity index (χ2n) is 4.74. The van der Waals surface area contributed by atoms with Gasteiger partial charge in [-0.25, -0.2) is 5.43 Å². The van der Waals surface area contributed by atoms with Crippen molar-refractivity contribution in [3.05, 3.63) is 71.9 Å². The Kier molecular flexibility index (Phi) is 3.78. The van der Waals surface area contributed by atoms with Gasteiger partial charge in [-0.2, -0.15) is 5.10 Å². The predicted octanol–water partition coefficient (Wildman–Crippen LogP) is 2.86. The van der Waals surface area contributed by atoms with E-state index < -0.39 is 0 Å². The van der Waals surface area contributed by atoms with Crippen LogP contribution in [0.4, 0.5) is 0 Å². The quantitative estimate of drug-likeness (QED) is 0.559. The van der Waals surface area contributed by atoms with Crippen LogP contribution in [0.5, 0.6) is 0 Å². The molecular weight excluding hydrogens is 262 g/mol. The molecule has 0 spiro atoms. The number of H-pyrrole nitrogens is 1. The molecule has 0 atom stereocenters. The third-order valence-corrected chi connectivity index (χ3v) is 3.23. The van der Waals surface area contributed by atoms with Crippen LogP contribution in [-0.4, -0.2) is 17.1 Å². The van der Waals surface area contributed by atoms with Gasteiger partial charge < -0.3 is 4.98 Å². The molecule has 1 aromatic heterocycles. The van der Waals surface area contributed by atoms with Gasteiger partial charge in [0.05, 0.1) is 12.6 Å². The molecule has 0 aliphatic rings. The van der Waals surface area contributed by atoms with E-state index in [4.69, 9.17) is 0 Å². The molecule has 4 nitrogen and oxygen atoms in total. The van der Waals surface area contributed by atoms with Gasteiger partial charge in [0.2, 0.25) is 5.91 Å². The fourth-order valence-corrected chi connectivity index (χ4v) is 2.21. The summed E-state index contributed by atoms with van der Waals surface area (Å²) in [6.45, 7) is 0. The summed E-state index contributed by atoms with van der Waals surface area (Å²) in [5, 5.41) is 5.04. The van der Waals surface area contributed by atoms with Crippen LogP contribution in [0, 0.1) is 0 Å². The van der Waals surface area contributed by atoms with Gasteiger partial charge in [-0.1, -0.05) is 48.5 Å². The molecule has 0 radical (unpaired) electrons. The van der Waals surface area contributed by atoms with Crippen LogP contribution in [0.2, 0.25) is 0 Å². The zero-order chi connectivity index (χ0) is 14.5. The summed E-state index contributed by atoms with van der Waals surface area (Å²) in [5.74, 6) is -0.132. The molecule has 1 amide bonds. The number of hydrogen-bond acceptors (Lipinski definition) is 2. The molecule has 0 saturated carbocycles. The van der Waals surface area contributed by atoms with Crippen LogP contribution in [-0.2, 0) is 11.2 Å². The third kappa shape index (κ3) is 3.17. The van der Waals surface area contributed by atoms with Gasteiger partial charge in [0.1, 0.15) is 0 Å². The Hall–Kier alpha value is -2.88. The molecule has 0 aliphatic carbocycles. The normalized spacial score (nSPS) is 11.0. The van der Waals surface area contributed by atoms with E-state index in [1.54, 1.807) is 6.21 Å². The van der Waals surface area contributed by atoms with Crippen molar-refractivity contribution in [3.8, 4) is 0 Å². The van der Waals surface area contributed by atoms with Crippen molar-refractivity contribution >= 4 is 23.0 Å². The fraction of sp³-hybridized carbons (Fsp3) is 0.0588. The van der Waals surface area contributed by atoms with Gasteiger partial charge in [-0.15, -0.1) is 0 Å². The fourth-order valence-electron chi connectivity index (χ4n) is 2.21. The van der Waals surface area contributed by atoms with E-state index in [-0.39, 0.29) is 5.91 Å². The van der Waals surface area contributed by atoms with E-state index in [1.807, 2.05) is 60.8 Å². The maximum atomic E-state index is 11.9. The molecular formula is C17H15N3O. The maximum absolute atomic E-state index is 11.9. The Morgan fingerprint density at radius 3 is 2.71 bits per heavy atom. The van der Waals surface area contributed by atoms with E-state index in [2.05, 4.69) is 15.5 Å². The Morgan fingerprint density at radius 1 is 1.10 bits per heavy atom. The van der Waals surface area contributed by atoms with E-state index >= 15 is 0 Å². The highest BCUT2D eigenvalue weighted by Gasteiger charge is 2.07. The number of aromatic nitrogens is 1. The van der Waals surface area contributed by atoms with Gasteiger partial charge >= 0.3 is 0 Å². The first-order valence-electron chi connectivity index (χ1n) is 6.75.